The summed E-state index contributed by atoms with van der Waals surface area (Å²) >= 11 is 0. The van der Waals surface area contributed by atoms with Crippen LogP contribution in [0.4, 0.5) is 0 Å². The van der Waals surface area contributed by atoms with E-state index in [-0.39, 0.29) is 6.10 Å². The Balaban J connectivity index is 3.69. The van der Waals surface area contributed by atoms with E-state index in [2.05, 4.69) is 41.5 Å². The number of hydrogen-bond acceptors (Lipinski definition) is 1. The summed E-state index contributed by atoms with van der Waals surface area (Å²) in [5.41, 5.74) is 0.318. The summed E-state index contributed by atoms with van der Waals surface area (Å²) in [6.45, 7) is 13.5. The molecule has 92 valence electrons. The quantitative estimate of drug-likeness (QED) is 0.701. The van der Waals surface area contributed by atoms with E-state index >= 15 is 0 Å². The highest BCUT2D eigenvalue weighted by Crippen LogP contribution is 2.29. The molecule has 0 aliphatic carbocycles. The maximum absolute atomic E-state index is 9.90. The van der Waals surface area contributed by atoms with Crippen molar-refractivity contribution in [1.82, 2.24) is 0 Å². The maximum Gasteiger partial charge on any atom is 0.0543 e. The first-order valence-corrected chi connectivity index (χ1v) is 6.41. The largest absolute Gasteiger partial charge is 0.393 e. The second-order valence-corrected chi connectivity index (χ2v) is 6.48. The number of aliphatic hydroxyl groups is 1. The summed E-state index contributed by atoms with van der Waals surface area (Å²) in [6.07, 6.45) is 4.22. The van der Waals surface area contributed by atoms with Crippen LogP contribution in [-0.2, 0) is 0 Å². The van der Waals surface area contributed by atoms with Crippen molar-refractivity contribution < 1.29 is 5.11 Å². The molecule has 0 radical (unpaired) electrons. The average Bonchev–Trinajstić information content (AvgIpc) is 2.01. The van der Waals surface area contributed by atoms with Crippen molar-refractivity contribution >= 4 is 0 Å². The molecule has 0 rings (SSSR count). The summed E-state index contributed by atoms with van der Waals surface area (Å²) in [5, 5.41) is 9.90. The van der Waals surface area contributed by atoms with Gasteiger partial charge in [-0.1, -0.05) is 54.4 Å². The van der Waals surface area contributed by atoms with Crippen LogP contribution >= 0.6 is 0 Å². The summed E-state index contributed by atoms with van der Waals surface area (Å²) in [5.74, 6) is 1.35. The van der Waals surface area contributed by atoms with Crippen LogP contribution in [0.5, 0.6) is 0 Å². The minimum Gasteiger partial charge on any atom is -0.393 e. The Kier molecular flexibility index (Phi) is 6.51. The average molecular weight is 214 g/mol. The van der Waals surface area contributed by atoms with Gasteiger partial charge in [-0.3, -0.25) is 0 Å². The zero-order chi connectivity index (χ0) is 12.1. The molecular formula is C14H30O. The van der Waals surface area contributed by atoms with Gasteiger partial charge in [0.05, 0.1) is 6.10 Å². The fourth-order valence-corrected chi connectivity index (χ4v) is 1.64. The highest BCUT2D eigenvalue weighted by Gasteiger charge is 2.22. The highest BCUT2D eigenvalue weighted by atomic mass is 16.3. The second-order valence-electron chi connectivity index (χ2n) is 6.48. The summed E-state index contributed by atoms with van der Waals surface area (Å²) in [4.78, 5) is 0. The topological polar surface area (TPSA) is 20.2 Å². The van der Waals surface area contributed by atoms with Gasteiger partial charge in [-0.2, -0.15) is 0 Å². The third-order valence-electron chi connectivity index (χ3n) is 3.42. The van der Waals surface area contributed by atoms with Gasteiger partial charge in [0.15, 0.2) is 0 Å². The molecule has 1 N–H and O–H groups in total. The van der Waals surface area contributed by atoms with Crippen molar-refractivity contribution in [2.75, 3.05) is 0 Å². The fraction of sp³-hybridized carbons (Fsp3) is 1.00. The molecule has 2 atom stereocenters. The Morgan fingerprint density at radius 1 is 1.00 bits per heavy atom. The van der Waals surface area contributed by atoms with Crippen molar-refractivity contribution in [3.63, 3.8) is 0 Å². The first-order chi connectivity index (χ1) is 6.73. The molecule has 0 aromatic carbocycles. The van der Waals surface area contributed by atoms with E-state index in [9.17, 15) is 5.11 Å². The van der Waals surface area contributed by atoms with Crippen molar-refractivity contribution in [1.29, 1.82) is 0 Å². The van der Waals surface area contributed by atoms with Crippen LogP contribution in [0.15, 0.2) is 0 Å². The van der Waals surface area contributed by atoms with Crippen LogP contribution in [0, 0.1) is 17.3 Å². The third kappa shape index (κ3) is 7.84. The molecule has 1 heteroatoms. The maximum atomic E-state index is 9.90. The molecule has 0 fully saturated rings. The summed E-state index contributed by atoms with van der Waals surface area (Å²) in [7, 11) is 0. The van der Waals surface area contributed by atoms with Gasteiger partial charge in [0.1, 0.15) is 0 Å². The lowest BCUT2D eigenvalue weighted by Crippen LogP contribution is -2.22. The monoisotopic (exact) mass is 214 g/mol. The predicted octanol–water partition coefficient (Wildman–Crippen LogP) is 4.25. The number of aliphatic hydroxyl groups excluding tert-OH is 1. The standard InChI is InChI=1S/C14H30O/c1-11(2)8-7-9-13(15)10-12(3)14(4,5)6/h11-13,15H,7-10H2,1-6H3. The molecular weight excluding hydrogens is 184 g/mol. The minimum absolute atomic E-state index is 0.0991. The highest BCUT2D eigenvalue weighted by molar-refractivity contribution is 4.73. The van der Waals surface area contributed by atoms with Crippen LogP contribution in [0.25, 0.3) is 0 Å². The Labute approximate surface area is 96.3 Å². The van der Waals surface area contributed by atoms with Crippen molar-refractivity contribution in [3.05, 3.63) is 0 Å². The van der Waals surface area contributed by atoms with E-state index in [0.717, 1.165) is 25.2 Å². The van der Waals surface area contributed by atoms with Gasteiger partial charge in [-0.25, -0.2) is 0 Å². The van der Waals surface area contributed by atoms with E-state index in [1.165, 1.54) is 6.42 Å². The lowest BCUT2D eigenvalue weighted by atomic mass is 9.78. The SMILES string of the molecule is CC(C)CCCC(O)CC(C)C(C)(C)C. The van der Waals surface area contributed by atoms with Gasteiger partial charge >= 0.3 is 0 Å². The molecule has 0 bridgehead atoms. The molecule has 0 amide bonds. The van der Waals surface area contributed by atoms with Crippen LogP contribution in [-0.4, -0.2) is 11.2 Å². The van der Waals surface area contributed by atoms with E-state index in [1.54, 1.807) is 0 Å². The summed E-state index contributed by atoms with van der Waals surface area (Å²) in [6, 6.07) is 0. The second kappa shape index (κ2) is 6.52. The molecule has 0 aromatic heterocycles. The number of rotatable bonds is 6. The Hall–Kier alpha value is -0.0400. The fourth-order valence-electron chi connectivity index (χ4n) is 1.64. The van der Waals surface area contributed by atoms with E-state index in [1.807, 2.05) is 0 Å². The van der Waals surface area contributed by atoms with E-state index in [4.69, 9.17) is 0 Å². The van der Waals surface area contributed by atoms with Crippen LogP contribution < -0.4 is 0 Å². The van der Waals surface area contributed by atoms with Crippen molar-refractivity contribution in [2.24, 2.45) is 17.3 Å². The van der Waals surface area contributed by atoms with Gasteiger partial charge < -0.3 is 5.11 Å². The first kappa shape index (κ1) is 15.0. The predicted molar refractivity (Wildman–Crippen MR) is 67.9 cm³/mol. The Morgan fingerprint density at radius 2 is 1.53 bits per heavy atom. The van der Waals surface area contributed by atoms with Crippen molar-refractivity contribution in [3.8, 4) is 0 Å². The Morgan fingerprint density at radius 3 is 1.93 bits per heavy atom. The molecule has 0 saturated carbocycles. The van der Waals surface area contributed by atoms with Crippen LogP contribution in [0.1, 0.15) is 67.2 Å². The van der Waals surface area contributed by atoms with Gasteiger partial charge in [0, 0.05) is 0 Å². The molecule has 0 saturated heterocycles. The third-order valence-corrected chi connectivity index (χ3v) is 3.42. The Bertz CT molecular complexity index is 155. The zero-order valence-electron chi connectivity index (χ0n) is 11.5. The molecule has 0 aliphatic heterocycles. The summed E-state index contributed by atoms with van der Waals surface area (Å²) < 4.78 is 0. The first-order valence-electron chi connectivity index (χ1n) is 6.41. The molecule has 0 heterocycles. The number of hydrogen-bond donors (Lipinski definition) is 1. The normalized spacial score (nSPS) is 16.8. The molecule has 0 aliphatic rings. The van der Waals surface area contributed by atoms with Crippen LogP contribution in [0.3, 0.4) is 0 Å². The van der Waals surface area contributed by atoms with E-state index in [0.29, 0.717) is 11.3 Å². The lowest BCUT2D eigenvalue weighted by molar-refractivity contribution is 0.100. The van der Waals surface area contributed by atoms with Gasteiger partial charge in [0.2, 0.25) is 0 Å². The van der Waals surface area contributed by atoms with Gasteiger partial charge in [-0.05, 0) is 30.1 Å². The molecule has 0 aromatic rings. The van der Waals surface area contributed by atoms with E-state index < -0.39 is 0 Å². The molecule has 0 spiro atoms. The lowest BCUT2D eigenvalue weighted by Gasteiger charge is -2.29. The zero-order valence-corrected chi connectivity index (χ0v) is 11.5. The van der Waals surface area contributed by atoms with Crippen LogP contribution in [0.2, 0.25) is 0 Å². The molecule has 2 unspecified atom stereocenters. The van der Waals surface area contributed by atoms with Gasteiger partial charge in [-0.15, -0.1) is 0 Å². The smallest absolute Gasteiger partial charge is 0.0543 e. The molecule has 1 nitrogen and oxygen atoms in total. The van der Waals surface area contributed by atoms with Crippen molar-refractivity contribution in [2.45, 2.75) is 73.3 Å². The molecule has 15 heavy (non-hydrogen) atoms. The van der Waals surface area contributed by atoms with Gasteiger partial charge in [0.25, 0.3) is 0 Å². The minimum atomic E-state index is -0.0991.